The van der Waals surface area contributed by atoms with Crippen molar-refractivity contribution < 1.29 is 4.42 Å². The molecule has 1 aliphatic rings. The van der Waals surface area contributed by atoms with E-state index in [1.54, 1.807) is 6.20 Å². The van der Waals surface area contributed by atoms with E-state index in [4.69, 9.17) is 4.42 Å². The number of benzene rings is 1. The molecule has 0 N–H and O–H groups in total. The van der Waals surface area contributed by atoms with Gasteiger partial charge in [0.05, 0.1) is 5.69 Å². The maximum absolute atomic E-state index is 6.06. The van der Waals surface area contributed by atoms with Crippen molar-refractivity contribution in [2.75, 3.05) is 4.90 Å². The van der Waals surface area contributed by atoms with Gasteiger partial charge in [0.25, 0.3) is 0 Å². The molecule has 0 aliphatic carbocycles. The van der Waals surface area contributed by atoms with E-state index in [0.717, 1.165) is 22.0 Å². The van der Waals surface area contributed by atoms with E-state index < -0.39 is 0 Å². The molecule has 1 atom stereocenters. The molecular formula is C18H20BN3O. The Labute approximate surface area is 136 Å². The predicted octanol–water partition coefficient (Wildman–Crippen LogP) is 3.29. The zero-order valence-electron chi connectivity index (χ0n) is 13.9. The Hall–Kier alpha value is -2.43. The smallest absolute Gasteiger partial charge is 0.227 e. The molecule has 3 aromatic rings. The number of fused-ring (bicyclic) bond motifs is 3. The Bertz CT molecular complexity index is 909. The minimum atomic E-state index is 0.0774. The van der Waals surface area contributed by atoms with Crippen molar-refractivity contribution in [3.05, 3.63) is 48.9 Å². The maximum Gasteiger partial charge on any atom is 0.227 e. The van der Waals surface area contributed by atoms with Gasteiger partial charge in [-0.25, -0.2) is 4.98 Å². The van der Waals surface area contributed by atoms with Crippen LogP contribution in [0.2, 0.25) is 0 Å². The van der Waals surface area contributed by atoms with Gasteiger partial charge in [-0.3, -0.25) is 0 Å². The molecule has 4 nitrogen and oxygen atoms in total. The fraction of sp³-hybridized carbons (Fsp3) is 0.278. The van der Waals surface area contributed by atoms with Crippen LogP contribution in [-0.4, -0.2) is 29.3 Å². The number of furan rings is 1. The molecule has 0 spiro atoms. The van der Waals surface area contributed by atoms with Crippen LogP contribution in [0.5, 0.6) is 0 Å². The molecule has 23 heavy (non-hydrogen) atoms. The van der Waals surface area contributed by atoms with E-state index in [1.165, 1.54) is 0 Å². The molecule has 1 unspecified atom stereocenters. The standard InChI is InChI=1S/C18H20BN3O/c1-12-21(10-11-22(12)18(2,3)19)15-8-4-6-13-14-7-5-9-20-17(14)23-16(13)15/h4-12H,19H2,1-3H3. The predicted molar refractivity (Wildman–Crippen MR) is 97.1 cm³/mol. The summed E-state index contributed by atoms with van der Waals surface area (Å²) < 4.78 is 6.06. The summed E-state index contributed by atoms with van der Waals surface area (Å²) in [6.07, 6.45) is 6.29. The molecule has 1 aromatic carbocycles. The third-order valence-corrected chi connectivity index (χ3v) is 4.50. The highest BCUT2D eigenvalue weighted by atomic mass is 16.3. The molecule has 0 amide bonds. The lowest BCUT2D eigenvalue weighted by Gasteiger charge is -2.39. The fourth-order valence-corrected chi connectivity index (χ4v) is 3.41. The first kappa shape index (κ1) is 14.2. The third kappa shape index (κ3) is 2.11. The number of rotatable bonds is 2. The summed E-state index contributed by atoms with van der Waals surface area (Å²) in [7, 11) is 2.23. The van der Waals surface area contributed by atoms with Crippen molar-refractivity contribution >= 4 is 35.6 Å². The van der Waals surface area contributed by atoms with Crippen molar-refractivity contribution in [1.82, 2.24) is 9.88 Å². The summed E-state index contributed by atoms with van der Waals surface area (Å²) in [5.74, 6) is 0. The van der Waals surface area contributed by atoms with Gasteiger partial charge in [-0.15, -0.1) is 0 Å². The molecule has 2 aromatic heterocycles. The average molecular weight is 305 g/mol. The number of para-hydroxylation sites is 1. The van der Waals surface area contributed by atoms with Crippen LogP contribution in [-0.2, 0) is 0 Å². The van der Waals surface area contributed by atoms with Crippen LogP contribution < -0.4 is 4.90 Å². The lowest BCUT2D eigenvalue weighted by molar-refractivity contribution is 0.228. The first-order valence-corrected chi connectivity index (χ1v) is 7.98. The van der Waals surface area contributed by atoms with Crippen molar-refractivity contribution in [2.24, 2.45) is 0 Å². The maximum atomic E-state index is 6.06. The Morgan fingerprint density at radius 1 is 1.13 bits per heavy atom. The minimum absolute atomic E-state index is 0.0774. The molecule has 0 fully saturated rings. The van der Waals surface area contributed by atoms with Crippen LogP contribution in [0.15, 0.2) is 53.3 Å². The molecule has 5 heteroatoms. The van der Waals surface area contributed by atoms with Crippen molar-refractivity contribution in [3.63, 3.8) is 0 Å². The van der Waals surface area contributed by atoms with E-state index >= 15 is 0 Å². The summed E-state index contributed by atoms with van der Waals surface area (Å²) in [5, 5.41) is 2.17. The summed E-state index contributed by atoms with van der Waals surface area (Å²) in [4.78, 5) is 8.96. The Balaban J connectivity index is 1.86. The molecule has 1 aliphatic heterocycles. The second-order valence-electron chi connectivity index (χ2n) is 7.03. The van der Waals surface area contributed by atoms with Gasteiger partial charge in [0.2, 0.25) is 5.71 Å². The number of nitrogens with zero attached hydrogens (tertiary/aromatic N) is 3. The van der Waals surface area contributed by atoms with Gasteiger partial charge in [-0.1, -0.05) is 12.1 Å². The van der Waals surface area contributed by atoms with Gasteiger partial charge in [0, 0.05) is 34.8 Å². The van der Waals surface area contributed by atoms with Crippen LogP contribution in [0.4, 0.5) is 5.69 Å². The van der Waals surface area contributed by atoms with Crippen LogP contribution in [0.1, 0.15) is 20.8 Å². The molecule has 116 valence electrons. The lowest BCUT2D eigenvalue weighted by atomic mass is 9.80. The van der Waals surface area contributed by atoms with E-state index in [0.29, 0.717) is 5.71 Å². The SMILES string of the molecule is BC(C)(C)N1C=CN(c2cccc3c2oc2ncccc23)C1C. The monoisotopic (exact) mass is 305 g/mol. The largest absolute Gasteiger partial charge is 0.436 e. The number of anilines is 1. The van der Waals surface area contributed by atoms with Crippen LogP contribution >= 0.6 is 0 Å². The summed E-state index contributed by atoms with van der Waals surface area (Å²) in [6, 6.07) is 10.3. The van der Waals surface area contributed by atoms with Gasteiger partial charge in [-0.2, -0.15) is 0 Å². The topological polar surface area (TPSA) is 32.5 Å². The molecule has 0 saturated carbocycles. The first-order chi connectivity index (χ1) is 11.0. The zero-order valence-corrected chi connectivity index (χ0v) is 13.9. The number of hydrogen-bond acceptors (Lipinski definition) is 4. The van der Waals surface area contributed by atoms with E-state index in [1.807, 2.05) is 6.07 Å². The summed E-state index contributed by atoms with van der Waals surface area (Å²) in [6.45, 7) is 6.66. The highest BCUT2D eigenvalue weighted by Crippen LogP contribution is 2.37. The normalized spacial score (nSPS) is 18.5. The van der Waals surface area contributed by atoms with Crippen molar-refractivity contribution in [1.29, 1.82) is 0 Å². The van der Waals surface area contributed by atoms with Gasteiger partial charge in [0.1, 0.15) is 14.0 Å². The molecule has 3 heterocycles. The van der Waals surface area contributed by atoms with E-state index in [2.05, 4.69) is 80.1 Å². The highest BCUT2D eigenvalue weighted by molar-refractivity contribution is 6.14. The number of hydrogen-bond donors (Lipinski definition) is 0. The molecular weight excluding hydrogens is 285 g/mol. The molecule has 0 saturated heterocycles. The molecule has 0 bridgehead atoms. The summed E-state index contributed by atoms with van der Waals surface area (Å²) in [5.41, 5.74) is 2.75. The highest BCUT2D eigenvalue weighted by Gasteiger charge is 2.32. The Morgan fingerprint density at radius 2 is 1.91 bits per heavy atom. The van der Waals surface area contributed by atoms with Crippen LogP contribution in [0.25, 0.3) is 22.1 Å². The second-order valence-corrected chi connectivity index (χ2v) is 7.03. The van der Waals surface area contributed by atoms with Crippen molar-refractivity contribution in [2.45, 2.75) is 32.4 Å². The number of aromatic nitrogens is 1. The van der Waals surface area contributed by atoms with Crippen molar-refractivity contribution in [3.8, 4) is 0 Å². The van der Waals surface area contributed by atoms with E-state index in [9.17, 15) is 0 Å². The third-order valence-electron chi connectivity index (χ3n) is 4.50. The fourth-order valence-electron chi connectivity index (χ4n) is 3.41. The van der Waals surface area contributed by atoms with Crippen LogP contribution in [0.3, 0.4) is 0 Å². The molecule has 4 rings (SSSR count). The second kappa shape index (κ2) is 4.78. The average Bonchev–Trinajstić information content (AvgIpc) is 3.07. The summed E-state index contributed by atoms with van der Waals surface area (Å²) >= 11 is 0. The molecule has 0 radical (unpaired) electrons. The Kier molecular flexibility index (Phi) is 2.95. The van der Waals surface area contributed by atoms with Gasteiger partial charge in [0.15, 0.2) is 5.58 Å². The number of pyridine rings is 1. The van der Waals surface area contributed by atoms with Crippen LogP contribution in [0, 0.1) is 0 Å². The van der Waals surface area contributed by atoms with E-state index in [-0.39, 0.29) is 11.6 Å². The first-order valence-electron chi connectivity index (χ1n) is 7.98. The zero-order chi connectivity index (χ0) is 16.2. The van der Waals surface area contributed by atoms with Gasteiger partial charge < -0.3 is 14.2 Å². The minimum Gasteiger partial charge on any atom is -0.436 e. The quantitative estimate of drug-likeness (QED) is 0.680. The van der Waals surface area contributed by atoms with Gasteiger partial charge in [-0.05, 0) is 39.0 Å². The van der Waals surface area contributed by atoms with Gasteiger partial charge >= 0.3 is 0 Å². The Morgan fingerprint density at radius 3 is 2.65 bits per heavy atom. The lowest BCUT2D eigenvalue weighted by Crippen LogP contribution is -2.48.